The van der Waals surface area contributed by atoms with E-state index in [1.165, 1.54) is 32.4 Å². The largest absolute Gasteiger partial charge is 0.495 e. The molecule has 1 saturated heterocycles. The molecule has 3 atom stereocenters. The van der Waals surface area contributed by atoms with Gasteiger partial charge in [0.25, 0.3) is 0 Å². The van der Waals surface area contributed by atoms with Crippen molar-refractivity contribution in [2.75, 3.05) is 63.9 Å². The first-order chi connectivity index (χ1) is 20.8. The van der Waals surface area contributed by atoms with Crippen LogP contribution in [0.5, 0.6) is 5.75 Å². The highest BCUT2D eigenvalue weighted by Gasteiger charge is 2.32. The Balaban J connectivity index is 1.54. The zero-order chi connectivity index (χ0) is 32.1. The summed E-state index contributed by atoms with van der Waals surface area (Å²) in [5.74, 6) is 5.92. The maximum atomic E-state index is 15.2. The molecule has 1 aliphatic heterocycles. The lowest BCUT2D eigenvalue weighted by atomic mass is 10.0. The maximum Gasteiger partial charge on any atom is 0.406 e. The van der Waals surface area contributed by atoms with Gasteiger partial charge in [-0.3, -0.25) is 4.90 Å². The minimum Gasteiger partial charge on any atom is -0.495 e. The van der Waals surface area contributed by atoms with Crippen LogP contribution in [0.3, 0.4) is 0 Å². The number of hydrogen-bond donors (Lipinski definition) is 3. The number of anilines is 2. The number of methoxy groups -OCH3 is 2. The van der Waals surface area contributed by atoms with Crippen LogP contribution in [0.15, 0.2) is 47.4 Å². The van der Waals surface area contributed by atoms with Crippen molar-refractivity contribution < 1.29 is 40.6 Å². The van der Waals surface area contributed by atoms with Gasteiger partial charge in [0, 0.05) is 50.1 Å². The topological polar surface area (TPSA) is 105 Å². The van der Waals surface area contributed by atoms with E-state index in [0.29, 0.717) is 35.2 Å². The molecule has 44 heavy (non-hydrogen) atoms. The highest BCUT2D eigenvalue weighted by atomic mass is 32.2. The molecule has 0 aliphatic carbocycles. The summed E-state index contributed by atoms with van der Waals surface area (Å²) in [6.07, 6.45) is -4.98. The third-order valence-electron chi connectivity index (χ3n) is 7.26. The standard InChI is InChI=1S/C30H36F4N4O5S/c1-42-18-21(39)16-37-13-11-26(24(31)17-37)36-25-7-4-8-28-23(25)14-20(38(28)19-30(32,33)34)6-5-12-35-27-10-9-22(44(3,40)41)15-29(27)43-2/h4,7-10,14-15,21,24,26,35-36,39H,11-13,16-19H2,1-3H3/t21-,24?,26?/m1/s1. The predicted octanol–water partition coefficient (Wildman–Crippen LogP) is 3.91. The summed E-state index contributed by atoms with van der Waals surface area (Å²) in [5, 5.41) is 16.7. The van der Waals surface area contributed by atoms with Crippen molar-refractivity contribution in [3.8, 4) is 17.6 Å². The first kappa shape index (κ1) is 33.4. The summed E-state index contributed by atoms with van der Waals surface area (Å²) >= 11 is 0. The van der Waals surface area contributed by atoms with Crippen LogP contribution in [-0.2, 0) is 21.1 Å². The number of aliphatic hydroxyl groups is 1. The zero-order valence-corrected chi connectivity index (χ0v) is 25.4. The third-order valence-corrected chi connectivity index (χ3v) is 8.37. The number of rotatable bonds is 11. The molecule has 0 spiro atoms. The first-order valence-corrected chi connectivity index (χ1v) is 15.8. The molecule has 0 saturated carbocycles. The Labute approximate surface area is 254 Å². The summed E-state index contributed by atoms with van der Waals surface area (Å²) in [6, 6.07) is 10.2. The second kappa shape index (κ2) is 14.1. The van der Waals surface area contributed by atoms with E-state index in [-0.39, 0.29) is 42.6 Å². The molecule has 3 N–H and O–H groups in total. The van der Waals surface area contributed by atoms with Crippen molar-refractivity contribution in [1.82, 2.24) is 9.47 Å². The van der Waals surface area contributed by atoms with Gasteiger partial charge in [-0.1, -0.05) is 12.0 Å². The number of likely N-dealkylation sites (tertiary alicyclic amines) is 1. The maximum absolute atomic E-state index is 15.2. The van der Waals surface area contributed by atoms with Crippen LogP contribution in [0.2, 0.25) is 0 Å². The van der Waals surface area contributed by atoms with E-state index in [1.54, 1.807) is 24.3 Å². The number of fused-ring (bicyclic) bond motifs is 1. The average Bonchev–Trinajstić information content (AvgIpc) is 3.28. The zero-order valence-electron chi connectivity index (χ0n) is 24.6. The number of alkyl halides is 4. The fourth-order valence-corrected chi connectivity index (χ4v) is 5.86. The van der Waals surface area contributed by atoms with Gasteiger partial charge in [-0.05, 0) is 42.7 Å². The lowest BCUT2D eigenvalue weighted by molar-refractivity contribution is -0.140. The smallest absolute Gasteiger partial charge is 0.406 e. The van der Waals surface area contributed by atoms with Crippen molar-refractivity contribution in [2.24, 2.45) is 0 Å². The quantitative estimate of drug-likeness (QED) is 0.214. The van der Waals surface area contributed by atoms with E-state index in [0.717, 1.165) is 10.8 Å². The van der Waals surface area contributed by atoms with E-state index in [9.17, 15) is 26.7 Å². The van der Waals surface area contributed by atoms with E-state index in [4.69, 9.17) is 9.47 Å². The summed E-state index contributed by atoms with van der Waals surface area (Å²) in [5.41, 5.74) is 1.40. The highest BCUT2D eigenvalue weighted by Crippen LogP contribution is 2.32. The monoisotopic (exact) mass is 640 g/mol. The first-order valence-electron chi connectivity index (χ1n) is 13.9. The van der Waals surface area contributed by atoms with Crippen LogP contribution < -0.4 is 15.4 Å². The Morgan fingerprint density at radius 1 is 1.16 bits per heavy atom. The van der Waals surface area contributed by atoms with Gasteiger partial charge in [0.05, 0.1) is 54.2 Å². The van der Waals surface area contributed by atoms with E-state index in [2.05, 4.69) is 22.5 Å². The molecule has 0 amide bonds. The molecule has 1 aliphatic rings. The van der Waals surface area contributed by atoms with E-state index in [1.807, 2.05) is 4.90 Å². The van der Waals surface area contributed by atoms with Crippen LogP contribution in [0.4, 0.5) is 28.9 Å². The molecule has 3 aromatic rings. The van der Waals surface area contributed by atoms with Crippen LogP contribution in [-0.4, -0.2) is 101 Å². The molecular weight excluding hydrogens is 604 g/mol. The van der Waals surface area contributed by atoms with E-state index >= 15 is 4.39 Å². The number of halogens is 4. The lowest BCUT2D eigenvalue weighted by Gasteiger charge is -2.36. The van der Waals surface area contributed by atoms with Gasteiger partial charge in [-0.2, -0.15) is 13.2 Å². The third kappa shape index (κ3) is 8.56. The summed E-state index contributed by atoms with van der Waals surface area (Å²) in [7, 11) is -0.571. The predicted molar refractivity (Wildman–Crippen MR) is 161 cm³/mol. The van der Waals surface area contributed by atoms with Crippen LogP contribution in [0, 0.1) is 11.8 Å². The van der Waals surface area contributed by atoms with Crippen molar-refractivity contribution in [3.63, 3.8) is 0 Å². The number of ether oxygens (including phenoxy) is 2. The number of sulfone groups is 1. The van der Waals surface area contributed by atoms with Crippen molar-refractivity contribution in [2.45, 2.75) is 42.4 Å². The second-order valence-corrected chi connectivity index (χ2v) is 12.7. The molecule has 2 heterocycles. The van der Waals surface area contributed by atoms with Gasteiger partial charge in [0.1, 0.15) is 18.5 Å². The Bertz CT molecular complexity index is 1620. The van der Waals surface area contributed by atoms with Gasteiger partial charge >= 0.3 is 6.18 Å². The van der Waals surface area contributed by atoms with Crippen molar-refractivity contribution in [1.29, 1.82) is 0 Å². The number of piperidine rings is 1. The normalized spacial score (nSPS) is 18.5. The molecule has 0 radical (unpaired) electrons. The molecule has 2 aromatic carbocycles. The van der Waals surface area contributed by atoms with Crippen LogP contribution >= 0.6 is 0 Å². The summed E-state index contributed by atoms with van der Waals surface area (Å²) in [4.78, 5) is 1.90. The molecule has 9 nitrogen and oxygen atoms in total. The van der Waals surface area contributed by atoms with E-state index < -0.39 is 40.9 Å². The van der Waals surface area contributed by atoms with Crippen LogP contribution in [0.25, 0.3) is 10.9 Å². The minimum atomic E-state index is -4.51. The molecule has 0 bridgehead atoms. The van der Waals surface area contributed by atoms with Gasteiger partial charge in [0.2, 0.25) is 0 Å². The molecule has 14 heteroatoms. The number of aliphatic hydroxyl groups excluding tert-OH is 1. The lowest BCUT2D eigenvalue weighted by Crippen LogP contribution is -2.50. The Morgan fingerprint density at radius 2 is 1.93 bits per heavy atom. The molecule has 1 aromatic heterocycles. The van der Waals surface area contributed by atoms with Crippen molar-refractivity contribution in [3.05, 3.63) is 48.2 Å². The number of nitrogens with one attached hydrogen (secondary N) is 2. The summed E-state index contributed by atoms with van der Waals surface area (Å²) in [6.45, 7) is -0.141. The Morgan fingerprint density at radius 3 is 2.59 bits per heavy atom. The fourth-order valence-electron chi connectivity index (χ4n) is 5.22. The minimum absolute atomic E-state index is 0.0361. The SMILES string of the molecule is COC[C@H](O)CN1CCC(Nc2cccc3c2cc(C#CCNc2ccc(S(C)(=O)=O)cc2OC)n3CC(F)(F)F)C(F)C1. The van der Waals surface area contributed by atoms with Gasteiger partial charge in [-0.25, -0.2) is 12.8 Å². The Kier molecular flexibility index (Phi) is 10.7. The number of benzene rings is 2. The number of aromatic nitrogens is 1. The molecule has 1 fully saturated rings. The van der Waals surface area contributed by atoms with Crippen molar-refractivity contribution >= 4 is 32.1 Å². The number of nitrogens with zero attached hydrogens (tertiary/aromatic N) is 2. The van der Waals surface area contributed by atoms with Crippen LogP contribution in [0.1, 0.15) is 12.1 Å². The number of hydrogen-bond acceptors (Lipinski definition) is 8. The Hall–Kier alpha value is -3.51. The number of β-amino-alcohol motifs (C(OH)–C–C–N with tert-alkyl or cyclic N) is 1. The molecular formula is C30H36F4N4O5S. The molecule has 240 valence electrons. The van der Waals surface area contributed by atoms with Gasteiger partial charge in [0.15, 0.2) is 9.84 Å². The molecule has 2 unspecified atom stereocenters. The fraction of sp³-hybridized carbons (Fsp3) is 0.467. The molecule has 4 rings (SSSR count). The van der Waals surface area contributed by atoms with Gasteiger partial charge in [-0.15, -0.1) is 0 Å². The highest BCUT2D eigenvalue weighted by molar-refractivity contribution is 7.90. The van der Waals surface area contributed by atoms with Gasteiger partial charge < -0.3 is 29.8 Å². The second-order valence-electron chi connectivity index (χ2n) is 10.7. The summed E-state index contributed by atoms with van der Waals surface area (Å²) < 4.78 is 90.9. The average molecular weight is 641 g/mol.